The summed E-state index contributed by atoms with van der Waals surface area (Å²) < 4.78 is 27.0. The SMILES string of the molecule is N#Cc1cc(C2=CC(F)=C(F)C=C=C2)c2[nH]c(C(N)=O)cc2c1. The van der Waals surface area contributed by atoms with Crippen LogP contribution in [0.5, 0.6) is 0 Å². The molecule has 0 unspecified atom stereocenters. The fourth-order valence-electron chi connectivity index (χ4n) is 2.35. The van der Waals surface area contributed by atoms with Crippen LogP contribution >= 0.6 is 0 Å². The van der Waals surface area contributed by atoms with Crippen LogP contribution in [0.25, 0.3) is 16.5 Å². The van der Waals surface area contributed by atoms with Gasteiger partial charge in [-0.1, -0.05) is 0 Å². The minimum atomic E-state index is -1.04. The molecule has 2 aromatic rings. The standard InChI is InChI=1S/C17H9F2N3O/c18-13-3-1-2-10(6-14(13)19)12-5-9(8-20)4-11-7-15(17(21)23)22-16(11)12/h2-7,22H,(H2,21,23). The average molecular weight is 309 g/mol. The molecule has 0 radical (unpaired) electrons. The summed E-state index contributed by atoms with van der Waals surface area (Å²) in [6.07, 6.45) is 3.28. The van der Waals surface area contributed by atoms with Gasteiger partial charge in [0.15, 0.2) is 11.7 Å². The number of nitrogens with one attached hydrogen (secondary N) is 1. The number of amides is 1. The second-order valence-corrected chi connectivity index (χ2v) is 4.90. The van der Waals surface area contributed by atoms with Gasteiger partial charge in [-0.15, -0.1) is 5.73 Å². The molecule has 0 spiro atoms. The van der Waals surface area contributed by atoms with Gasteiger partial charge in [0.05, 0.1) is 17.1 Å². The van der Waals surface area contributed by atoms with Gasteiger partial charge in [-0.2, -0.15) is 5.26 Å². The molecule has 0 fully saturated rings. The van der Waals surface area contributed by atoms with Gasteiger partial charge in [-0.3, -0.25) is 4.79 Å². The molecule has 1 aliphatic rings. The maximum absolute atomic E-state index is 13.7. The van der Waals surface area contributed by atoms with Crippen molar-refractivity contribution in [1.29, 1.82) is 5.26 Å². The van der Waals surface area contributed by atoms with Crippen molar-refractivity contribution in [3.63, 3.8) is 0 Å². The zero-order valence-corrected chi connectivity index (χ0v) is 11.7. The van der Waals surface area contributed by atoms with Crippen LogP contribution in [0.2, 0.25) is 0 Å². The molecule has 1 heterocycles. The number of benzene rings is 1. The highest BCUT2D eigenvalue weighted by Gasteiger charge is 2.14. The van der Waals surface area contributed by atoms with Crippen LogP contribution in [0.15, 0.2) is 53.8 Å². The van der Waals surface area contributed by atoms with Crippen molar-refractivity contribution < 1.29 is 13.6 Å². The van der Waals surface area contributed by atoms with Gasteiger partial charge in [0.1, 0.15) is 5.69 Å². The second-order valence-electron chi connectivity index (χ2n) is 4.90. The second kappa shape index (κ2) is 5.41. The molecule has 0 saturated carbocycles. The number of allylic oxidation sites excluding steroid dienone is 5. The number of hydrogen-bond acceptors (Lipinski definition) is 2. The lowest BCUT2D eigenvalue weighted by molar-refractivity contribution is 0.0996. The first kappa shape index (κ1) is 14.5. The van der Waals surface area contributed by atoms with E-state index in [-0.39, 0.29) is 5.69 Å². The molecule has 112 valence electrons. The topological polar surface area (TPSA) is 82.7 Å². The summed E-state index contributed by atoms with van der Waals surface area (Å²) in [4.78, 5) is 14.2. The zero-order chi connectivity index (χ0) is 16.6. The molecule has 0 saturated heterocycles. The summed E-state index contributed by atoms with van der Waals surface area (Å²) >= 11 is 0. The number of hydrogen-bond donors (Lipinski definition) is 2. The van der Waals surface area contributed by atoms with E-state index in [1.807, 2.05) is 6.07 Å². The number of halogens is 2. The van der Waals surface area contributed by atoms with Gasteiger partial charge in [0, 0.05) is 17.0 Å². The number of fused-ring (bicyclic) bond motifs is 1. The smallest absolute Gasteiger partial charge is 0.265 e. The Morgan fingerprint density at radius 2 is 2.00 bits per heavy atom. The molecule has 6 heteroatoms. The highest BCUT2D eigenvalue weighted by Crippen LogP contribution is 2.30. The monoisotopic (exact) mass is 309 g/mol. The van der Waals surface area contributed by atoms with Crippen LogP contribution in [0.3, 0.4) is 0 Å². The zero-order valence-electron chi connectivity index (χ0n) is 11.7. The van der Waals surface area contributed by atoms with E-state index in [4.69, 9.17) is 11.0 Å². The predicted octanol–water partition coefficient (Wildman–Crippen LogP) is 3.40. The molecule has 1 aromatic carbocycles. The molecule has 0 bridgehead atoms. The van der Waals surface area contributed by atoms with E-state index in [9.17, 15) is 13.6 Å². The van der Waals surface area contributed by atoms with Gasteiger partial charge < -0.3 is 10.7 Å². The third-order valence-corrected chi connectivity index (χ3v) is 3.39. The quantitative estimate of drug-likeness (QED) is 0.833. The van der Waals surface area contributed by atoms with E-state index in [0.717, 1.165) is 12.2 Å². The van der Waals surface area contributed by atoms with Crippen LogP contribution in [-0.2, 0) is 0 Å². The number of rotatable bonds is 2. The van der Waals surface area contributed by atoms with Crippen LogP contribution in [0.1, 0.15) is 21.6 Å². The average Bonchev–Trinajstić information content (AvgIpc) is 2.89. The Morgan fingerprint density at radius 3 is 2.70 bits per heavy atom. The summed E-state index contributed by atoms with van der Waals surface area (Å²) in [5.74, 6) is -2.74. The number of aromatic nitrogens is 1. The Labute approximate surface area is 129 Å². The van der Waals surface area contributed by atoms with Crippen molar-refractivity contribution in [1.82, 2.24) is 4.98 Å². The molecule has 1 amide bonds. The van der Waals surface area contributed by atoms with Crippen LogP contribution < -0.4 is 5.73 Å². The number of aromatic amines is 1. The largest absolute Gasteiger partial charge is 0.364 e. The highest BCUT2D eigenvalue weighted by molar-refractivity contribution is 6.01. The first-order chi connectivity index (χ1) is 11.0. The Kier molecular flexibility index (Phi) is 3.41. The molecular weight excluding hydrogens is 300 g/mol. The van der Waals surface area contributed by atoms with Gasteiger partial charge >= 0.3 is 0 Å². The van der Waals surface area contributed by atoms with Crippen LogP contribution in [0.4, 0.5) is 8.78 Å². The summed E-state index contributed by atoms with van der Waals surface area (Å²) in [5.41, 5.74) is 9.50. The van der Waals surface area contributed by atoms with E-state index >= 15 is 0 Å². The summed E-state index contributed by atoms with van der Waals surface area (Å²) in [6.45, 7) is 0. The van der Waals surface area contributed by atoms with E-state index in [1.54, 1.807) is 6.07 Å². The Bertz CT molecular complexity index is 1010. The highest BCUT2D eigenvalue weighted by atomic mass is 19.2. The predicted molar refractivity (Wildman–Crippen MR) is 81.4 cm³/mol. The minimum Gasteiger partial charge on any atom is -0.364 e. The number of nitrogens with two attached hydrogens (primary N) is 1. The maximum Gasteiger partial charge on any atom is 0.265 e. The van der Waals surface area contributed by atoms with Crippen LogP contribution in [-0.4, -0.2) is 10.9 Å². The fraction of sp³-hybridized carbons (Fsp3) is 0. The summed E-state index contributed by atoms with van der Waals surface area (Å²) in [7, 11) is 0. The van der Waals surface area contributed by atoms with Gasteiger partial charge in [0.25, 0.3) is 5.91 Å². The number of primary amides is 1. The summed E-state index contributed by atoms with van der Waals surface area (Å²) in [5, 5.41) is 9.71. The number of nitriles is 1. The van der Waals surface area contributed by atoms with Gasteiger partial charge in [0.2, 0.25) is 0 Å². The lowest BCUT2D eigenvalue weighted by Crippen LogP contribution is -2.10. The molecule has 1 aromatic heterocycles. The normalized spacial score (nSPS) is 13.9. The van der Waals surface area contributed by atoms with Gasteiger partial charge in [-0.25, -0.2) is 8.78 Å². The lowest BCUT2D eigenvalue weighted by Gasteiger charge is -2.05. The molecule has 0 atom stereocenters. The minimum absolute atomic E-state index is 0.160. The van der Waals surface area contributed by atoms with E-state index < -0.39 is 17.6 Å². The van der Waals surface area contributed by atoms with E-state index in [2.05, 4.69) is 10.7 Å². The molecular formula is C17H9F2N3O. The molecule has 4 nitrogen and oxygen atoms in total. The first-order valence-electron chi connectivity index (χ1n) is 6.56. The maximum atomic E-state index is 13.7. The first-order valence-corrected chi connectivity index (χ1v) is 6.56. The molecule has 0 aliphatic heterocycles. The fourth-order valence-corrected chi connectivity index (χ4v) is 2.35. The van der Waals surface area contributed by atoms with Crippen molar-refractivity contribution >= 4 is 22.4 Å². The Hall–Kier alpha value is -3.42. The Balaban J connectivity index is 2.33. The molecule has 3 N–H and O–H groups in total. The van der Waals surface area contributed by atoms with Crippen molar-refractivity contribution in [3.8, 4) is 6.07 Å². The van der Waals surface area contributed by atoms with Crippen molar-refractivity contribution in [2.75, 3.05) is 0 Å². The number of carbonyl (C=O) groups excluding carboxylic acids is 1. The number of nitrogens with zero attached hydrogens (tertiary/aromatic N) is 1. The molecule has 3 rings (SSSR count). The third-order valence-electron chi connectivity index (χ3n) is 3.39. The van der Waals surface area contributed by atoms with Crippen LogP contribution in [0, 0.1) is 11.3 Å². The lowest BCUT2D eigenvalue weighted by atomic mass is 10.00. The van der Waals surface area contributed by atoms with Crippen molar-refractivity contribution in [2.45, 2.75) is 0 Å². The van der Waals surface area contributed by atoms with Crippen molar-refractivity contribution in [2.24, 2.45) is 5.73 Å². The van der Waals surface area contributed by atoms with Gasteiger partial charge in [-0.05, 0) is 35.9 Å². The molecule has 23 heavy (non-hydrogen) atoms. The Morgan fingerprint density at radius 1 is 1.22 bits per heavy atom. The number of H-pyrrole nitrogens is 1. The molecule has 1 aliphatic carbocycles. The van der Waals surface area contributed by atoms with E-state index in [0.29, 0.717) is 27.6 Å². The summed E-state index contributed by atoms with van der Waals surface area (Å²) in [6, 6.07) is 6.59. The third kappa shape index (κ3) is 2.57. The van der Waals surface area contributed by atoms with E-state index in [1.165, 1.54) is 18.2 Å². The van der Waals surface area contributed by atoms with Crippen molar-refractivity contribution in [3.05, 3.63) is 70.6 Å². The number of carbonyl (C=O) groups is 1.